The monoisotopic (exact) mass is 273 g/mol. The van der Waals surface area contributed by atoms with Crippen molar-refractivity contribution in [1.29, 1.82) is 0 Å². The van der Waals surface area contributed by atoms with E-state index in [-0.39, 0.29) is 0 Å². The Morgan fingerprint density at radius 2 is 1.71 bits per heavy atom. The Bertz CT molecular complexity index is 317. The van der Waals surface area contributed by atoms with Crippen molar-refractivity contribution in [2.24, 2.45) is 5.92 Å². The van der Waals surface area contributed by atoms with Crippen LogP contribution in [-0.2, 0) is 6.42 Å². The molecule has 0 aliphatic carbocycles. The van der Waals surface area contributed by atoms with E-state index in [1.54, 1.807) is 6.07 Å². The fourth-order valence-electron chi connectivity index (χ4n) is 1.73. The van der Waals surface area contributed by atoms with Crippen molar-refractivity contribution in [3.05, 3.63) is 33.8 Å². The molecule has 0 aliphatic heterocycles. The van der Waals surface area contributed by atoms with Crippen molar-refractivity contribution in [2.75, 3.05) is 13.1 Å². The van der Waals surface area contributed by atoms with Gasteiger partial charge in [-0.05, 0) is 62.0 Å². The van der Waals surface area contributed by atoms with Gasteiger partial charge in [-0.3, -0.25) is 0 Å². The van der Waals surface area contributed by atoms with Gasteiger partial charge in [-0.2, -0.15) is 0 Å². The molecule has 0 heterocycles. The number of nitrogens with one attached hydrogen (secondary N) is 1. The van der Waals surface area contributed by atoms with Crippen molar-refractivity contribution >= 4 is 23.2 Å². The predicted molar refractivity (Wildman–Crippen MR) is 77.1 cm³/mol. The van der Waals surface area contributed by atoms with Gasteiger partial charge in [0.15, 0.2) is 0 Å². The molecule has 3 heteroatoms. The number of hydrogen-bond donors (Lipinski definition) is 1. The van der Waals surface area contributed by atoms with Crippen LogP contribution >= 0.6 is 23.2 Å². The second-order valence-corrected chi connectivity index (χ2v) is 5.71. The SMILES string of the molecule is CC(C)CNCCCCc1cc(Cl)cc(Cl)c1. The molecular weight excluding hydrogens is 253 g/mol. The molecule has 0 unspecified atom stereocenters. The lowest BCUT2D eigenvalue weighted by atomic mass is 10.1. The first-order valence-corrected chi connectivity index (χ1v) is 6.99. The third-order valence-corrected chi connectivity index (χ3v) is 2.98. The average Bonchev–Trinajstić information content (AvgIpc) is 2.21. The van der Waals surface area contributed by atoms with Gasteiger partial charge in [-0.15, -0.1) is 0 Å². The summed E-state index contributed by atoms with van der Waals surface area (Å²) in [6.45, 7) is 6.64. The van der Waals surface area contributed by atoms with Crippen LogP contribution < -0.4 is 5.32 Å². The Morgan fingerprint density at radius 1 is 1.06 bits per heavy atom. The highest BCUT2D eigenvalue weighted by Gasteiger charge is 1.99. The maximum absolute atomic E-state index is 5.95. The van der Waals surface area contributed by atoms with Crippen molar-refractivity contribution < 1.29 is 0 Å². The minimum atomic E-state index is 0.724. The molecule has 0 amide bonds. The molecule has 0 spiro atoms. The summed E-state index contributed by atoms with van der Waals surface area (Å²) in [5.41, 5.74) is 1.23. The third-order valence-electron chi connectivity index (χ3n) is 2.54. The van der Waals surface area contributed by atoms with Gasteiger partial charge in [-0.25, -0.2) is 0 Å². The summed E-state index contributed by atoms with van der Waals surface area (Å²) in [5.74, 6) is 0.724. The number of hydrogen-bond acceptors (Lipinski definition) is 1. The van der Waals surface area contributed by atoms with Gasteiger partial charge >= 0.3 is 0 Å². The van der Waals surface area contributed by atoms with E-state index in [9.17, 15) is 0 Å². The van der Waals surface area contributed by atoms with E-state index in [1.165, 1.54) is 18.4 Å². The highest BCUT2D eigenvalue weighted by molar-refractivity contribution is 6.34. The van der Waals surface area contributed by atoms with Crippen LogP contribution in [0, 0.1) is 5.92 Å². The van der Waals surface area contributed by atoms with E-state index in [0.717, 1.165) is 35.5 Å². The van der Waals surface area contributed by atoms with Crippen LogP contribution in [0.1, 0.15) is 32.3 Å². The topological polar surface area (TPSA) is 12.0 Å². The molecule has 0 aromatic heterocycles. The molecule has 96 valence electrons. The Morgan fingerprint density at radius 3 is 2.29 bits per heavy atom. The molecule has 0 saturated heterocycles. The van der Waals surface area contributed by atoms with E-state index >= 15 is 0 Å². The second-order valence-electron chi connectivity index (χ2n) is 4.83. The molecule has 1 nitrogen and oxygen atoms in total. The van der Waals surface area contributed by atoms with Crippen molar-refractivity contribution in [1.82, 2.24) is 5.32 Å². The quantitative estimate of drug-likeness (QED) is 0.718. The third kappa shape index (κ3) is 6.92. The lowest BCUT2D eigenvalue weighted by Crippen LogP contribution is -2.20. The van der Waals surface area contributed by atoms with Gasteiger partial charge in [-0.1, -0.05) is 37.0 Å². The molecular formula is C14H21Cl2N. The van der Waals surface area contributed by atoms with E-state index in [0.29, 0.717) is 0 Å². The molecule has 1 rings (SSSR count). The fraction of sp³-hybridized carbons (Fsp3) is 0.571. The van der Waals surface area contributed by atoms with Crippen LogP contribution in [0.15, 0.2) is 18.2 Å². The van der Waals surface area contributed by atoms with Crippen LogP contribution in [0.2, 0.25) is 10.0 Å². The summed E-state index contributed by atoms with van der Waals surface area (Å²) >= 11 is 11.9. The largest absolute Gasteiger partial charge is 0.316 e. The zero-order valence-corrected chi connectivity index (χ0v) is 12.1. The maximum Gasteiger partial charge on any atom is 0.0423 e. The first-order chi connectivity index (χ1) is 8.08. The number of rotatable bonds is 7. The molecule has 0 aliphatic rings. The Hall–Kier alpha value is -0.240. The zero-order chi connectivity index (χ0) is 12.7. The summed E-state index contributed by atoms with van der Waals surface area (Å²) in [6, 6.07) is 5.76. The molecule has 0 saturated carbocycles. The molecule has 1 aromatic rings. The van der Waals surface area contributed by atoms with Crippen LogP contribution in [0.3, 0.4) is 0 Å². The molecule has 0 fully saturated rings. The van der Waals surface area contributed by atoms with Crippen LogP contribution in [0.5, 0.6) is 0 Å². The summed E-state index contributed by atoms with van der Waals surface area (Å²) in [6.07, 6.45) is 3.41. The molecule has 0 atom stereocenters. The van der Waals surface area contributed by atoms with Gasteiger partial charge in [0.1, 0.15) is 0 Å². The van der Waals surface area contributed by atoms with Crippen molar-refractivity contribution in [3.63, 3.8) is 0 Å². The summed E-state index contributed by atoms with van der Waals surface area (Å²) < 4.78 is 0. The first-order valence-electron chi connectivity index (χ1n) is 6.23. The normalized spacial score (nSPS) is 11.1. The zero-order valence-electron chi connectivity index (χ0n) is 10.6. The molecule has 0 radical (unpaired) electrons. The van der Waals surface area contributed by atoms with E-state index in [4.69, 9.17) is 23.2 Å². The van der Waals surface area contributed by atoms with Gasteiger partial charge in [0.05, 0.1) is 0 Å². The molecule has 0 bridgehead atoms. The van der Waals surface area contributed by atoms with E-state index in [1.807, 2.05) is 12.1 Å². The first kappa shape index (κ1) is 14.8. The van der Waals surface area contributed by atoms with E-state index in [2.05, 4.69) is 19.2 Å². The minimum Gasteiger partial charge on any atom is -0.316 e. The highest BCUT2D eigenvalue weighted by Crippen LogP contribution is 2.20. The number of aryl methyl sites for hydroxylation is 1. The van der Waals surface area contributed by atoms with Crippen LogP contribution in [0.25, 0.3) is 0 Å². The standard InChI is InChI=1S/C14H21Cl2N/c1-11(2)10-17-6-4-3-5-12-7-13(15)9-14(16)8-12/h7-9,11,17H,3-6,10H2,1-2H3. The Balaban J connectivity index is 2.18. The Labute approximate surface area is 115 Å². The van der Waals surface area contributed by atoms with Gasteiger partial charge in [0, 0.05) is 10.0 Å². The van der Waals surface area contributed by atoms with Gasteiger partial charge in [0.2, 0.25) is 0 Å². The molecule has 1 aromatic carbocycles. The lowest BCUT2D eigenvalue weighted by molar-refractivity contribution is 0.535. The van der Waals surface area contributed by atoms with Crippen molar-refractivity contribution in [2.45, 2.75) is 33.1 Å². The summed E-state index contributed by atoms with van der Waals surface area (Å²) in [5, 5.41) is 4.90. The maximum atomic E-state index is 5.95. The summed E-state index contributed by atoms with van der Waals surface area (Å²) in [4.78, 5) is 0. The number of halogens is 2. The van der Waals surface area contributed by atoms with Crippen LogP contribution in [0.4, 0.5) is 0 Å². The van der Waals surface area contributed by atoms with Gasteiger partial charge < -0.3 is 5.32 Å². The van der Waals surface area contributed by atoms with Gasteiger partial charge in [0.25, 0.3) is 0 Å². The number of unbranched alkanes of at least 4 members (excludes halogenated alkanes) is 1. The van der Waals surface area contributed by atoms with E-state index < -0.39 is 0 Å². The Kier molecular flexibility index (Phi) is 6.94. The van der Waals surface area contributed by atoms with Crippen molar-refractivity contribution in [3.8, 4) is 0 Å². The highest BCUT2D eigenvalue weighted by atomic mass is 35.5. The number of benzene rings is 1. The second kappa shape index (κ2) is 7.97. The smallest absolute Gasteiger partial charge is 0.0423 e. The molecule has 17 heavy (non-hydrogen) atoms. The molecule has 1 N–H and O–H groups in total. The minimum absolute atomic E-state index is 0.724. The summed E-state index contributed by atoms with van der Waals surface area (Å²) in [7, 11) is 0. The lowest BCUT2D eigenvalue weighted by Gasteiger charge is -2.07. The predicted octanol–water partition coefficient (Wildman–Crippen LogP) is 4.56. The fourth-order valence-corrected chi connectivity index (χ4v) is 2.30. The van der Waals surface area contributed by atoms with Crippen LogP contribution in [-0.4, -0.2) is 13.1 Å². The average molecular weight is 274 g/mol.